The summed E-state index contributed by atoms with van der Waals surface area (Å²) in [6.07, 6.45) is -3.05. The fourth-order valence-corrected chi connectivity index (χ4v) is 5.12. The molecule has 0 amide bonds. The van der Waals surface area contributed by atoms with Crippen LogP contribution in [-0.2, 0) is 24.0 Å². The Balaban J connectivity index is 1.85. The van der Waals surface area contributed by atoms with E-state index < -0.39 is 35.5 Å². The van der Waals surface area contributed by atoms with Crippen LogP contribution in [0, 0.1) is 17.8 Å². The molecule has 26 heavy (non-hydrogen) atoms. The van der Waals surface area contributed by atoms with Gasteiger partial charge in [0.15, 0.2) is 5.60 Å². The van der Waals surface area contributed by atoms with Crippen molar-refractivity contribution in [3.05, 3.63) is 11.3 Å². The van der Waals surface area contributed by atoms with Crippen LogP contribution < -0.4 is 0 Å². The highest BCUT2D eigenvalue weighted by atomic mass is 19.4. The minimum atomic E-state index is -4.61. The fourth-order valence-electron chi connectivity index (χ4n) is 5.12. The molecule has 2 bridgehead atoms. The van der Waals surface area contributed by atoms with Gasteiger partial charge in [-0.3, -0.25) is 0 Å². The van der Waals surface area contributed by atoms with Crippen LogP contribution >= 0.6 is 0 Å². The zero-order chi connectivity index (χ0) is 18.7. The first kappa shape index (κ1) is 18.5. The maximum absolute atomic E-state index is 13.7. The Bertz CT molecular complexity index is 606. The van der Waals surface area contributed by atoms with E-state index in [4.69, 9.17) is 24.0 Å². The quantitative estimate of drug-likeness (QED) is 0.693. The molecule has 4 heterocycles. The van der Waals surface area contributed by atoms with E-state index in [1.54, 1.807) is 13.8 Å². The summed E-state index contributed by atoms with van der Waals surface area (Å²) >= 11 is 0. The largest absolute Gasteiger partial charge is 0.456 e. The van der Waals surface area contributed by atoms with Crippen LogP contribution in [0.25, 0.3) is 0 Å². The first-order chi connectivity index (χ1) is 12.2. The van der Waals surface area contributed by atoms with Crippen LogP contribution in [-0.4, -0.2) is 37.1 Å². The SMILES string of the molecule is CCOCC1=C(C(F)(F)F)O[C@@H]2O[C@]3(C)CCC4[C@H](C)CC[C@@H]1C42OO3. The molecule has 1 spiro atoms. The number of hydrogen-bond donors (Lipinski definition) is 0. The van der Waals surface area contributed by atoms with Crippen molar-refractivity contribution in [1.29, 1.82) is 0 Å². The molecule has 3 saturated heterocycles. The lowest BCUT2D eigenvalue weighted by Crippen LogP contribution is -2.67. The number of alkyl halides is 3. The van der Waals surface area contributed by atoms with Crippen molar-refractivity contribution in [2.24, 2.45) is 17.8 Å². The molecule has 5 rings (SSSR count). The highest BCUT2D eigenvalue weighted by molar-refractivity contribution is 5.28. The second-order valence-corrected chi connectivity index (χ2v) is 7.96. The molecular weight excluding hydrogens is 353 g/mol. The molecule has 5 nitrogen and oxygen atoms in total. The molecule has 0 aromatic carbocycles. The number of hydrogen-bond acceptors (Lipinski definition) is 5. The maximum Gasteiger partial charge on any atom is 0.449 e. The summed E-state index contributed by atoms with van der Waals surface area (Å²) in [5, 5.41) is 0. The third-order valence-corrected chi connectivity index (χ3v) is 6.37. The van der Waals surface area contributed by atoms with Gasteiger partial charge in [-0.25, -0.2) is 9.78 Å². The predicted molar refractivity (Wildman–Crippen MR) is 83.5 cm³/mol. The third-order valence-electron chi connectivity index (χ3n) is 6.37. The molecule has 0 aromatic heterocycles. The monoisotopic (exact) mass is 378 g/mol. The predicted octanol–water partition coefficient (Wildman–Crippen LogP) is 4.09. The van der Waals surface area contributed by atoms with Gasteiger partial charge >= 0.3 is 6.18 Å². The van der Waals surface area contributed by atoms with E-state index in [0.717, 1.165) is 12.8 Å². The minimum Gasteiger partial charge on any atom is -0.456 e. The molecule has 0 aromatic rings. The van der Waals surface area contributed by atoms with Gasteiger partial charge in [0.05, 0.1) is 6.61 Å². The van der Waals surface area contributed by atoms with Crippen molar-refractivity contribution < 1.29 is 37.2 Å². The van der Waals surface area contributed by atoms with Crippen molar-refractivity contribution in [2.75, 3.05) is 13.2 Å². The van der Waals surface area contributed by atoms with E-state index in [1.165, 1.54) is 0 Å². The number of ether oxygens (including phenoxy) is 3. The normalized spacial score (nSPS) is 45.2. The topological polar surface area (TPSA) is 46.2 Å². The van der Waals surface area contributed by atoms with Gasteiger partial charge in [0, 0.05) is 30.4 Å². The van der Waals surface area contributed by atoms with Crippen LogP contribution in [0.1, 0.15) is 46.5 Å². The minimum absolute atomic E-state index is 0.00184. The molecule has 8 heteroatoms. The molecule has 6 atom stereocenters. The molecule has 0 radical (unpaired) electrons. The van der Waals surface area contributed by atoms with E-state index in [2.05, 4.69) is 6.92 Å². The summed E-state index contributed by atoms with van der Waals surface area (Å²) in [6.45, 7) is 5.75. The molecular formula is C18H25F3O5. The fraction of sp³-hybridized carbons (Fsp3) is 0.889. The number of allylic oxidation sites excluding steroid dienone is 1. The first-order valence-electron chi connectivity index (χ1n) is 9.30. The van der Waals surface area contributed by atoms with Crippen LogP contribution in [0.15, 0.2) is 11.3 Å². The lowest BCUT2D eigenvalue weighted by Gasteiger charge is -2.57. The van der Waals surface area contributed by atoms with Gasteiger partial charge in [-0.2, -0.15) is 13.2 Å². The Morgan fingerprint density at radius 1 is 1.19 bits per heavy atom. The second kappa shape index (κ2) is 6.09. The first-order valence-corrected chi connectivity index (χ1v) is 9.30. The summed E-state index contributed by atoms with van der Waals surface area (Å²) in [6, 6.07) is 0. The maximum atomic E-state index is 13.7. The van der Waals surface area contributed by atoms with E-state index >= 15 is 0 Å². The van der Waals surface area contributed by atoms with Crippen LogP contribution in [0.2, 0.25) is 0 Å². The summed E-state index contributed by atoms with van der Waals surface area (Å²) in [5.41, 5.74) is -0.945. The third kappa shape index (κ3) is 2.60. The van der Waals surface area contributed by atoms with E-state index in [0.29, 0.717) is 19.4 Å². The molecule has 148 valence electrons. The van der Waals surface area contributed by atoms with E-state index in [-0.39, 0.29) is 24.0 Å². The number of rotatable bonds is 3. The van der Waals surface area contributed by atoms with Gasteiger partial charge < -0.3 is 14.2 Å². The van der Waals surface area contributed by atoms with Gasteiger partial charge in [0.2, 0.25) is 17.8 Å². The average Bonchev–Trinajstić information content (AvgIpc) is 2.80. The van der Waals surface area contributed by atoms with Crippen molar-refractivity contribution in [3.63, 3.8) is 0 Å². The molecule has 4 aliphatic heterocycles. The molecule has 0 N–H and O–H groups in total. The summed E-state index contributed by atoms with van der Waals surface area (Å²) in [5.74, 6) is -2.30. The number of halogens is 3. The van der Waals surface area contributed by atoms with Crippen molar-refractivity contribution in [3.8, 4) is 0 Å². The van der Waals surface area contributed by atoms with E-state index in [1.807, 2.05) is 0 Å². The van der Waals surface area contributed by atoms with Gasteiger partial charge in [0.25, 0.3) is 0 Å². The second-order valence-electron chi connectivity index (χ2n) is 7.96. The Labute approximate surface area is 150 Å². The summed E-state index contributed by atoms with van der Waals surface area (Å²) in [4.78, 5) is 11.5. The summed E-state index contributed by atoms with van der Waals surface area (Å²) < 4.78 is 58.0. The standard InChI is InChI=1S/C18H25F3O5/c1-4-22-9-11-13-6-5-10(2)12-7-8-16(3)24-15(17(12,13)26-25-16)23-14(11)18(19,20)21/h10,12-13,15H,4-9H2,1-3H3/t10-,12?,13+,15-,16+,17?/m1/s1. The molecule has 1 aliphatic carbocycles. The average molecular weight is 378 g/mol. The molecule has 1 saturated carbocycles. The van der Waals surface area contributed by atoms with Gasteiger partial charge in [-0.15, -0.1) is 0 Å². The number of fused-ring (bicyclic) bond motifs is 2. The van der Waals surface area contributed by atoms with Crippen molar-refractivity contribution in [2.45, 2.75) is 70.3 Å². The van der Waals surface area contributed by atoms with Gasteiger partial charge in [-0.05, 0) is 39.0 Å². The highest BCUT2D eigenvalue weighted by Gasteiger charge is 2.70. The Morgan fingerprint density at radius 3 is 2.65 bits per heavy atom. The van der Waals surface area contributed by atoms with Crippen molar-refractivity contribution in [1.82, 2.24) is 0 Å². The zero-order valence-corrected chi connectivity index (χ0v) is 15.2. The van der Waals surface area contributed by atoms with Crippen molar-refractivity contribution >= 4 is 0 Å². The van der Waals surface area contributed by atoms with Crippen LogP contribution in [0.5, 0.6) is 0 Å². The lowest BCUT2D eigenvalue weighted by atomic mass is 9.59. The Kier molecular flexibility index (Phi) is 4.34. The van der Waals surface area contributed by atoms with Gasteiger partial charge in [-0.1, -0.05) is 6.92 Å². The van der Waals surface area contributed by atoms with Crippen LogP contribution in [0.3, 0.4) is 0 Å². The zero-order valence-electron chi connectivity index (χ0n) is 15.2. The lowest BCUT2D eigenvalue weighted by molar-refractivity contribution is -0.557. The molecule has 2 unspecified atom stereocenters. The van der Waals surface area contributed by atoms with Gasteiger partial charge in [0.1, 0.15) is 0 Å². The Hall–Kier alpha value is -0.830. The van der Waals surface area contributed by atoms with E-state index in [9.17, 15) is 13.2 Å². The Morgan fingerprint density at radius 2 is 1.96 bits per heavy atom. The molecule has 5 aliphatic rings. The van der Waals surface area contributed by atoms with Crippen LogP contribution in [0.4, 0.5) is 13.2 Å². The molecule has 4 fully saturated rings. The summed E-state index contributed by atoms with van der Waals surface area (Å²) in [7, 11) is 0. The highest BCUT2D eigenvalue weighted by Crippen LogP contribution is 2.61. The smallest absolute Gasteiger partial charge is 0.449 e.